The molecule has 3 nitrogen and oxygen atoms in total. The zero-order valence-electron chi connectivity index (χ0n) is 11.0. The molecule has 1 atom stereocenters. The van der Waals surface area contributed by atoms with Crippen LogP contribution < -0.4 is 4.90 Å². The lowest BCUT2D eigenvalue weighted by atomic mass is 10.2. The number of nitrogens with zero attached hydrogens (tertiary/aromatic N) is 1. The van der Waals surface area contributed by atoms with Gasteiger partial charge in [-0.25, -0.2) is 0 Å². The average molecular weight is 297 g/mol. The molecule has 0 bridgehead atoms. The third-order valence-electron chi connectivity index (χ3n) is 3.15. The first-order valence-corrected chi connectivity index (χ1v) is 8.66. The molecule has 0 aromatic heterocycles. The lowest BCUT2D eigenvalue weighted by molar-refractivity contribution is -0.137. The Balaban J connectivity index is 1.86. The third-order valence-corrected chi connectivity index (χ3v) is 5.73. The molecule has 19 heavy (non-hydrogen) atoms. The summed E-state index contributed by atoms with van der Waals surface area (Å²) < 4.78 is 0.455. The van der Waals surface area contributed by atoms with Gasteiger partial charge in [0.15, 0.2) is 0 Å². The highest BCUT2D eigenvalue weighted by Gasteiger charge is 2.28. The molecular weight excluding hydrogens is 278 g/mol. The second kappa shape index (κ2) is 7.10. The number of hydrogen-bond acceptors (Lipinski definition) is 4. The quantitative estimate of drug-likeness (QED) is 0.773. The van der Waals surface area contributed by atoms with Crippen LogP contribution in [0.5, 0.6) is 0 Å². The van der Waals surface area contributed by atoms with Crippen LogP contribution in [0.1, 0.15) is 25.7 Å². The van der Waals surface area contributed by atoms with Gasteiger partial charge in [0, 0.05) is 17.9 Å². The number of anilines is 1. The summed E-state index contributed by atoms with van der Waals surface area (Å²) in [6.07, 6.45) is 5.25. The van der Waals surface area contributed by atoms with Gasteiger partial charge in [0.25, 0.3) is 0 Å². The third kappa shape index (κ3) is 3.83. The normalized spacial score (nSPS) is 17.5. The van der Waals surface area contributed by atoms with E-state index in [1.807, 2.05) is 23.5 Å². The first-order valence-electron chi connectivity index (χ1n) is 6.49. The second-order valence-corrected chi connectivity index (χ2v) is 6.86. The number of aliphatic carboxylic acids is 1. The lowest BCUT2D eigenvalue weighted by Gasteiger charge is -2.25. The molecule has 5 heteroatoms. The van der Waals surface area contributed by atoms with Gasteiger partial charge in [-0.1, -0.05) is 30.3 Å². The first-order chi connectivity index (χ1) is 9.22. The highest BCUT2D eigenvalue weighted by atomic mass is 32.2. The summed E-state index contributed by atoms with van der Waals surface area (Å²) in [4.78, 5) is 14.3. The van der Waals surface area contributed by atoms with E-state index in [-0.39, 0.29) is 6.42 Å². The van der Waals surface area contributed by atoms with E-state index in [9.17, 15) is 4.79 Å². The zero-order valence-corrected chi connectivity index (χ0v) is 12.7. The molecule has 0 amide bonds. The molecule has 0 aliphatic carbocycles. The first kappa shape index (κ1) is 14.6. The minimum Gasteiger partial charge on any atom is -0.481 e. The number of hydrogen-bond donors (Lipinski definition) is 1. The molecule has 0 radical (unpaired) electrons. The van der Waals surface area contributed by atoms with Crippen molar-refractivity contribution in [1.29, 1.82) is 0 Å². The van der Waals surface area contributed by atoms with Crippen molar-refractivity contribution in [3.8, 4) is 0 Å². The van der Waals surface area contributed by atoms with Gasteiger partial charge in [0.05, 0.1) is 5.69 Å². The number of carboxylic acid groups (broad SMARTS) is 1. The van der Waals surface area contributed by atoms with E-state index in [2.05, 4.69) is 35.4 Å². The van der Waals surface area contributed by atoms with Crippen molar-refractivity contribution in [2.24, 2.45) is 0 Å². The monoisotopic (exact) mass is 297 g/mol. The topological polar surface area (TPSA) is 40.5 Å². The number of carboxylic acids is 1. The van der Waals surface area contributed by atoms with Crippen molar-refractivity contribution in [2.75, 3.05) is 17.7 Å². The maximum Gasteiger partial charge on any atom is 0.303 e. The maximum absolute atomic E-state index is 10.5. The molecule has 1 unspecified atom stereocenters. The van der Waals surface area contributed by atoms with Crippen LogP contribution in [-0.2, 0) is 4.79 Å². The van der Waals surface area contributed by atoms with E-state index < -0.39 is 5.97 Å². The van der Waals surface area contributed by atoms with Crippen molar-refractivity contribution in [3.63, 3.8) is 0 Å². The number of rotatable bonds is 7. The standard InChI is InChI=1S/C14H19NO2S2/c1-18-14-15(10-6-2-3-9-13(16)17)11-7-4-5-8-12(11)19-14/h4-5,7-8,14H,2-3,6,9-10H2,1H3,(H,16,17). The fourth-order valence-corrected chi connectivity index (χ4v) is 4.41. The molecule has 0 saturated heterocycles. The Hall–Kier alpha value is -0.810. The molecule has 1 N–H and O–H groups in total. The zero-order chi connectivity index (χ0) is 13.7. The van der Waals surface area contributed by atoms with Crippen LogP contribution in [0.3, 0.4) is 0 Å². The van der Waals surface area contributed by atoms with Gasteiger partial charge in [-0.3, -0.25) is 4.79 Å². The van der Waals surface area contributed by atoms with E-state index in [1.165, 1.54) is 10.6 Å². The Morgan fingerprint density at radius 3 is 2.89 bits per heavy atom. The summed E-state index contributed by atoms with van der Waals surface area (Å²) in [5.74, 6) is -0.691. The summed E-state index contributed by atoms with van der Waals surface area (Å²) in [5, 5.41) is 8.62. The van der Waals surface area contributed by atoms with Crippen molar-refractivity contribution in [3.05, 3.63) is 24.3 Å². The highest BCUT2D eigenvalue weighted by molar-refractivity contribution is 8.17. The number of unbranched alkanes of at least 4 members (excludes halogenated alkanes) is 2. The fraction of sp³-hybridized carbons (Fsp3) is 0.500. The predicted octanol–water partition coefficient (Wildman–Crippen LogP) is 3.89. The van der Waals surface area contributed by atoms with Crippen molar-refractivity contribution < 1.29 is 9.90 Å². The summed E-state index contributed by atoms with van der Waals surface area (Å²) >= 11 is 3.77. The number of fused-ring (bicyclic) bond motifs is 1. The number of para-hydroxylation sites is 1. The van der Waals surface area contributed by atoms with Crippen molar-refractivity contribution >= 4 is 35.2 Å². The smallest absolute Gasteiger partial charge is 0.303 e. The Bertz CT molecular complexity index is 439. The maximum atomic E-state index is 10.5. The summed E-state index contributed by atoms with van der Waals surface area (Å²) in [7, 11) is 0. The molecular formula is C14H19NO2S2. The minimum absolute atomic E-state index is 0.289. The van der Waals surface area contributed by atoms with E-state index in [1.54, 1.807) is 0 Å². The Morgan fingerprint density at radius 2 is 2.16 bits per heavy atom. The molecule has 2 rings (SSSR count). The minimum atomic E-state index is -0.691. The molecule has 1 aromatic carbocycles. The molecule has 0 saturated carbocycles. The Morgan fingerprint density at radius 1 is 1.37 bits per heavy atom. The fourth-order valence-electron chi connectivity index (χ4n) is 2.22. The molecule has 104 valence electrons. The van der Waals surface area contributed by atoms with Crippen LogP contribution in [0.2, 0.25) is 0 Å². The molecule has 1 aliphatic rings. The highest BCUT2D eigenvalue weighted by Crippen LogP contribution is 2.46. The van der Waals surface area contributed by atoms with Crippen LogP contribution >= 0.6 is 23.5 Å². The van der Waals surface area contributed by atoms with Gasteiger partial charge in [0.1, 0.15) is 4.71 Å². The van der Waals surface area contributed by atoms with E-state index >= 15 is 0 Å². The second-order valence-electron chi connectivity index (χ2n) is 4.53. The Labute approximate surface area is 122 Å². The predicted molar refractivity (Wildman–Crippen MR) is 83.1 cm³/mol. The van der Waals surface area contributed by atoms with Crippen LogP contribution in [0.15, 0.2) is 29.2 Å². The van der Waals surface area contributed by atoms with Crippen LogP contribution in [0.4, 0.5) is 5.69 Å². The van der Waals surface area contributed by atoms with Gasteiger partial charge < -0.3 is 10.0 Å². The summed E-state index contributed by atoms with van der Waals surface area (Å²) in [5.41, 5.74) is 1.32. The van der Waals surface area contributed by atoms with Crippen molar-refractivity contribution in [1.82, 2.24) is 0 Å². The summed E-state index contributed by atoms with van der Waals surface area (Å²) in [6.45, 7) is 1.01. The van der Waals surface area contributed by atoms with Crippen LogP contribution in [0.25, 0.3) is 0 Å². The largest absolute Gasteiger partial charge is 0.481 e. The molecule has 1 aromatic rings. The van der Waals surface area contributed by atoms with E-state index in [4.69, 9.17) is 5.11 Å². The van der Waals surface area contributed by atoms with E-state index in [0.717, 1.165) is 25.8 Å². The number of benzene rings is 1. The van der Waals surface area contributed by atoms with E-state index in [0.29, 0.717) is 4.71 Å². The van der Waals surface area contributed by atoms with Gasteiger partial charge in [-0.15, -0.1) is 11.8 Å². The molecule has 0 spiro atoms. The average Bonchev–Trinajstić information content (AvgIpc) is 2.76. The number of thioether (sulfide) groups is 2. The van der Waals surface area contributed by atoms with Gasteiger partial charge >= 0.3 is 5.97 Å². The van der Waals surface area contributed by atoms with Gasteiger partial charge in [0.2, 0.25) is 0 Å². The number of carbonyl (C=O) groups is 1. The molecule has 1 heterocycles. The molecule has 0 fully saturated rings. The van der Waals surface area contributed by atoms with Crippen LogP contribution in [0, 0.1) is 0 Å². The lowest BCUT2D eigenvalue weighted by Crippen LogP contribution is -2.27. The van der Waals surface area contributed by atoms with Crippen molar-refractivity contribution in [2.45, 2.75) is 35.3 Å². The Kier molecular flexibility index (Phi) is 5.45. The van der Waals surface area contributed by atoms with Gasteiger partial charge in [-0.05, 0) is 31.2 Å². The van der Waals surface area contributed by atoms with Crippen LogP contribution in [-0.4, -0.2) is 28.6 Å². The molecule has 1 aliphatic heterocycles. The SMILES string of the molecule is CSC1Sc2ccccc2N1CCCCCC(=O)O. The summed E-state index contributed by atoms with van der Waals surface area (Å²) in [6, 6.07) is 8.52. The van der Waals surface area contributed by atoms with Gasteiger partial charge in [-0.2, -0.15) is 0 Å².